The van der Waals surface area contributed by atoms with Gasteiger partial charge in [0, 0.05) is 4.47 Å². The number of carbonyl (C=O) groups is 1. The molecule has 0 aliphatic carbocycles. The third-order valence-electron chi connectivity index (χ3n) is 2.67. The Labute approximate surface area is 127 Å². The van der Waals surface area contributed by atoms with Gasteiger partial charge in [-0.3, -0.25) is 4.79 Å². The maximum absolute atomic E-state index is 12.0. The van der Waals surface area contributed by atoms with Gasteiger partial charge in [0.25, 0.3) is 0 Å². The van der Waals surface area contributed by atoms with Crippen molar-refractivity contribution in [3.05, 3.63) is 28.7 Å². The Morgan fingerprint density at radius 2 is 2.05 bits per heavy atom. The van der Waals surface area contributed by atoms with Gasteiger partial charge in [0.1, 0.15) is 12.4 Å². The number of carboxylic acids is 1. The lowest BCUT2D eigenvalue weighted by molar-refractivity contribution is -0.137. The van der Waals surface area contributed by atoms with Gasteiger partial charge < -0.3 is 9.84 Å². The second-order valence-electron chi connectivity index (χ2n) is 4.68. The van der Waals surface area contributed by atoms with Gasteiger partial charge in [-0.2, -0.15) is 0 Å². The Balaban J connectivity index is 2.66. The number of ether oxygens (including phenoxy) is 1. The molecule has 0 heterocycles. The fourth-order valence-corrected chi connectivity index (χ4v) is 3.90. The van der Waals surface area contributed by atoms with Gasteiger partial charge in [-0.05, 0) is 24.1 Å². The first-order valence-electron chi connectivity index (χ1n) is 6.07. The summed E-state index contributed by atoms with van der Waals surface area (Å²) >= 11 is 3.28. The highest BCUT2D eigenvalue weighted by Gasteiger charge is 2.35. The summed E-state index contributed by atoms with van der Waals surface area (Å²) in [5.74, 6) is -1.59. The van der Waals surface area contributed by atoms with E-state index in [-0.39, 0.29) is 12.4 Å². The molecule has 0 amide bonds. The van der Waals surface area contributed by atoms with E-state index in [2.05, 4.69) is 15.9 Å². The number of hydrogen-bond acceptors (Lipinski definition) is 4. The van der Waals surface area contributed by atoms with Crippen LogP contribution < -0.4 is 4.74 Å². The van der Waals surface area contributed by atoms with Gasteiger partial charge in [0.15, 0.2) is 15.1 Å². The van der Waals surface area contributed by atoms with Crippen LogP contribution in [0.15, 0.2) is 28.7 Å². The van der Waals surface area contributed by atoms with E-state index in [1.165, 1.54) is 0 Å². The molecule has 5 nitrogen and oxygen atoms in total. The lowest BCUT2D eigenvalue weighted by atomic mass is 10.1. The third kappa shape index (κ3) is 4.79. The van der Waals surface area contributed by atoms with E-state index in [9.17, 15) is 13.2 Å². The molecule has 0 radical (unpaired) electrons. The average Bonchev–Trinajstić information content (AvgIpc) is 2.26. The quantitative estimate of drug-likeness (QED) is 0.802. The first kappa shape index (κ1) is 17.0. The number of hydrogen-bond donors (Lipinski definition) is 1. The number of carboxylic acid groups (broad SMARTS) is 1. The second kappa shape index (κ2) is 7.08. The van der Waals surface area contributed by atoms with E-state index in [0.29, 0.717) is 5.75 Å². The van der Waals surface area contributed by atoms with Gasteiger partial charge in [-0.25, -0.2) is 8.42 Å². The van der Waals surface area contributed by atoms with Crippen molar-refractivity contribution in [2.24, 2.45) is 5.92 Å². The SMILES string of the molecule is CC(C)C(C(=O)O)S(=O)(=O)CCOc1cccc(Br)c1. The van der Waals surface area contributed by atoms with Gasteiger partial charge in [0.05, 0.1) is 5.75 Å². The highest BCUT2D eigenvalue weighted by molar-refractivity contribution is 9.10. The summed E-state index contributed by atoms with van der Waals surface area (Å²) in [7, 11) is -3.74. The van der Waals surface area contributed by atoms with Crippen LogP contribution in [0.2, 0.25) is 0 Å². The molecule has 0 aliphatic rings. The third-order valence-corrected chi connectivity index (χ3v) is 5.42. The summed E-state index contributed by atoms with van der Waals surface area (Å²) in [6.45, 7) is 3.08. The first-order chi connectivity index (χ1) is 9.24. The summed E-state index contributed by atoms with van der Waals surface area (Å²) in [5, 5.41) is 7.61. The topological polar surface area (TPSA) is 80.7 Å². The van der Waals surface area contributed by atoms with Crippen LogP contribution in [-0.2, 0) is 14.6 Å². The van der Waals surface area contributed by atoms with E-state index >= 15 is 0 Å². The van der Waals surface area contributed by atoms with Gasteiger partial charge in [0.2, 0.25) is 0 Å². The van der Waals surface area contributed by atoms with Crippen LogP contribution in [0.1, 0.15) is 13.8 Å². The summed E-state index contributed by atoms with van der Waals surface area (Å²) in [6, 6.07) is 7.00. The molecule has 0 saturated carbocycles. The number of sulfone groups is 1. The van der Waals surface area contributed by atoms with Gasteiger partial charge >= 0.3 is 5.97 Å². The highest BCUT2D eigenvalue weighted by Crippen LogP contribution is 2.18. The molecule has 112 valence electrons. The van der Waals surface area contributed by atoms with E-state index in [1.54, 1.807) is 32.0 Å². The fraction of sp³-hybridized carbons (Fsp3) is 0.462. The average molecular weight is 365 g/mol. The molecule has 0 saturated heterocycles. The predicted octanol–water partition coefficient (Wildman–Crippen LogP) is 2.35. The largest absolute Gasteiger partial charge is 0.492 e. The molecular weight excluding hydrogens is 348 g/mol. The molecular formula is C13H17BrO5S. The maximum atomic E-state index is 12.0. The van der Waals surface area contributed by atoms with Crippen molar-refractivity contribution >= 4 is 31.7 Å². The van der Waals surface area contributed by atoms with Crippen molar-refractivity contribution in [1.29, 1.82) is 0 Å². The van der Waals surface area contributed by atoms with E-state index in [1.807, 2.05) is 6.07 Å². The molecule has 1 N–H and O–H groups in total. The molecule has 20 heavy (non-hydrogen) atoms. The van der Waals surface area contributed by atoms with E-state index in [0.717, 1.165) is 4.47 Å². The standard InChI is InChI=1S/C13H17BrO5S/c1-9(2)12(13(15)16)20(17,18)7-6-19-11-5-3-4-10(14)8-11/h3-5,8-9,12H,6-7H2,1-2H3,(H,15,16). The fourth-order valence-electron chi connectivity index (χ4n) is 1.81. The summed E-state index contributed by atoms with van der Waals surface area (Å²) < 4.78 is 30.2. The van der Waals surface area contributed by atoms with E-state index in [4.69, 9.17) is 9.84 Å². The summed E-state index contributed by atoms with van der Waals surface area (Å²) in [4.78, 5) is 11.0. The zero-order chi connectivity index (χ0) is 15.3. The molecule has 0 fully saturated rings. The van der Waals surface area contributed by atoms with Crippen LogP contribution in [-0.4, -0.2) is 37.1 Å². The number of rotatable bonds is 7. The number of halogens is 1. The second-order valence-corrected chi connectivity index (χ2v) is 7.83. The zero-order valence-corrected chi connectivity index (χ0v) is 13.6. The predicted molar refractivity (Wildman–Crippen MR) is 79.7 cm³/mol. The lowest BCUT2D eigenvalue weighted by Gasteiger charge is -2.17. The van der Waals surface area contributed by atoms with Crippen molar-refractivity contribution in [3.63, 3.8) is 0 Å². The Kier molecular flexibility index (Phi) is 6.01. The molecule has 0 bridgehead atoms. The Morgan fingerprint density at radius 3 is 2.55 bits per heavy atom. The molecule has 1 aromatic rings. The van der Waals surface area contributed by atoms with Crippen LogP contribution in [0.4, 0.5) is 0 Å². The number of aliphatic carboxylic acids is 1. The van der Waals surface area contributed by atoms with Crippen molar-refractivity contribution in [2.75, 3.05) is 12.4 Å². The zero-order valence-electron chi connectivity index (χ0n) is 11.2. The summed E-state index contributed by atoms with van der Waals surface area (Å²) in [5.41, 5.74) is 0. The van der Waals surface area contributed by atoms with Crippen LogP contribution in [0, 0.1) is 5.92 Å². The minimum absolute atomic E-state index is 0.0741. The molecule has 0 aliphatic heterocycles. The van der Waals surface area contributed by atoms with Crippen LogP contribution in [0.3, 0.4) is 0 Å². The molecule has 1 aromatic carbocycles. The van der Waals surface area contributed by atoms with Crippen LogP contribution in [0.5, 0.6) is 5.75 Å². The molecule has 0 spiro atoms. The lowest BCUT2D eigenvalue weighted by Crippen LogP contribution is -2.37. The highest BCUT2D eigenvalue weighted by atomic mass is 79.9. The minimum atomic E-state index is -3.74. The number of benzene rings is 1. The van der Waals surface area contributed by atoms with Gasteiger partial charge in [-0.15, -0.1) is 0 Å². The molecule has 1 atom stereocenters. The van der Waals surface area contributed by atoms with Crippen molar-refractivity contribution < 1.29 is 23.1 Å². The smallest absolute Gasteiger partial charge is 0.322 e. The first-order valence-corrected chi connectivity index (χ1v) is 8.57. The van der Waals surface area contributed by atoms with Gasteiger partial charge in [-0.1, -0.05) is 35.8 Å². The molecule has 1 rings (SSSR count). The molecule has 0 aromatic heterocycles. The van der Waals surface area contributed by atoms with Crippen LogP contribution in [0.25, 0.3) is 0 Å². The van der Waals surface area contributed by atoms with E-state index < -0.39 is 27.0 Å². The Morgan fingerprint density at radius 1 is 1.40 bits per heavy atom. The molecule has 1 unspecified atom stereocenters. The Bertz CT molecular complexity index is 568. The Hall–Kier alpha value is -1.08. The minimum Gasteiger partial charge on any atom is -0.492 e. The van der Waals surface area contributed by atoms with Crippen molar-refractivity contribution in [2.45, 2.75) is 19.1 Å². The normalized spacial score (nSPS) is 13.2. The van der Waals surface area contributed by atoms with Crippen LogP contribution >= 0.6 is 15.9 Å². The molecule has 7 heteroatoms. The maximum Gasteiger partial charge on any atom is 0.322 e. The van der Waals surface area contributed by atoms with Crippen molar-refractivity contribution in [1.82, 2.24) is 0 Å². The summed E-state index contributed by atoms with van der Waals surface area (Å²) in [6.07, 6.45) is 0. The van der Waals surface area contributed by atoms with Crippen molar-refractivity contribution in [3.8, 4) is 5.75 Å². The monoisotopic (exact) mass is 364 g/mol.